The fraction of sp³-hybridized carbons (Fsp3) is 0.698. The van der Waals surface area contributed by atoms with Gasteiger partial charge in [0.15, 0.2) is 5.78 Å². The van der Waals surface area contributed by atoms with Gasteiger partial charge in [-0.1, -0.05) is 66.1 Å². The molecule has 7 rings (SSSR count). The van der Waals surface area contributed by atoms with E-state index >= 15 is 0 Å². The van der Waals surface area contributed by atoms with Gasteiger partial charge in [-0.2, -0.15) is 0 Å². The number of aliphatic carboxylic acids is 1. The van der Waals surface area contributed by atoms with Crippen LogP contribution in [0.15, 0.2) is 39.8 Å². The van der Waals surface area contributed by atoms with Crippen LogP contribution in [0.1, 0.15) is 132 Å². The van der Waals surface area contributed by atoms with Crippen LogP contribution in [0.4, 0.5) is 0 Å². The van der Waals surface area contributed by atoms with Gasteiger partial charge in [0.25, 0.3) is 0 Å². The fourth-order valence-corrected chi connectivity index (χ4v) is 13.0. The molecule has 1 N–H and O–H groups in total. The number of halogens is 1. The number of ketones is 1. The van der Waals surface area contributed by atoms with Gasteiger partial charge in [0, 0.05) is 22.4 Å². The van der Waals surface area contributed by atoms with E-state index in [2.05, 4.69) is 53.6 Å². The van der Waals surface area contributed by atoms with Crippen molar-refractivity contribution in [2.24, 2.45) is 50.7 Å². The highest BCUT2D eigenvalue weighted by atomic mass is 35.5. The topological polar surface area (TPSA) is 120 Å². The van der Waals surface area contributed by atoms with Gasteiger partial charge in [-0.3, -0.25) is 14.4 Å². The summed E-state index contributed by atoms with van der Waals surface area (Å²) in [5, 5.41) is 19.4. The van der Waals surface area contributed by atoms with Crippen molar-refractivity contribution in [2.75, 3.05) is 0 Å². The first-order valence-corrected chi connectivity index (χ1v) is 19.9. The van der Waals surface area contributed by atoms with Crippen LogP contribution in [0, 0.1) is 50.7 Å². The molecule has 9 heteroatoms. The van der Waals surface area contributed by atoms with Crippen LogP contribution in [0.5, 0.6) is 0 Å². The third kappa shape index (κ3) is 5.30. The molecule has 4 fully saturated rings. The van der Waals surface area contributed by atoms with E-state index in [1.807, 2.05) is 24.3 Å². The number of esters is 1. The quantitative estimate of drug-likeness (QED) is 0.279. The molecule has 1 aromatic heterocycles. The van der Waals surface area contributed by atoms with Crippen LogP contribution in [-0.4, -0.2) is 39.1 Å². The number of carbonyl (C=O) groups is 3. The number of ether oxygens (including phenoxy) is 1. The Morgan fingerprint density at radius 3 is 2.38 bits per heavy atom. The van der Waals surface area contributed by atoms with Crippen LogP contribution in [0.25, 0.3) is 11.5 Å². The third-order valence-corrected chi connectivity index (χ3v) is 15.9. The highest BCUT2D eigenvalue weighted by Gasteiger charge is 2.71. The first-order chi connectivity index (χ1) is 24.2. The average molecular weight is 733 g/mol. The van der Waals surface area contributed by atoms with Crippen molar-refractivity contribution >= 4 is 29.3 Å². The Kier molecular flexibility index (Phi) is 8.80. The van der Waals surface area contributed by atoms with E-state index in [9.17, 15) is 19.5 Å². The predicted molar refractivity (Wildman–Crippen MR) is 199 cm³/mol. The Hall–Kier alpha value is -3.00. The molecule has 0 aliphatic heterocycles. The largest absolute Gasteiger partial charge is 0.481 e. The van der Waals surface area contributed by atoms with Gasteiger partial charge >= 0.3 is 11.9 Å². The maximum Gasteiger partial charge on any atom is 0.309 e. The van der Waals surface area contributed by atoms with E-state index in [0.717, 1.165) is 62.5 Å². The Morgan fingerprint density at radius 1 is 0.981 bits per heavy atom. The zero-order valence-electron chi connectivity index (χ0n) is 32.5. The Balaban J connectivity index is 1.21. The van der Waals surface area contributed by atoms with E-state index in [0.29, 0.717) is 35.1 Å². The summed E-state index contributed by atoms with van der Waals surface area (Å²) in [7, 11) is 0. The van der Waals surface area contributed by atoms with E-state index in [4.69, 9.17) is 25.9 Å². The minimum atomic E-state index is -1.17. The second kappa shape index (κ2) is 12.3. The van der Waals surface area contributed by atoms with Crippen LogP contribution < -0.4 is 0 Å². The Morgan fingerprint density at radius 2 is 1.71 bits per heavy atom. The Bertz CT molecular complexity index is 1840. The van der Waals surface area contributed by atoms with E-state index in [1.165, 1.54) is 5.57 Å². The number of hydrogen-bond acceptors (Lipinski definition) is 7. The molecule has 1 heterocycles. The summed E-state index contributed by atoms with van der Waals surface area (Å²) < 4.78 is 12.7. The molecule has 0 saturated heterocycles. The van der Waals surface area contributed by atoms with Gasteiger partial charge in [0.2, 0.25) is 11.8 Å². The summed E-state index contributed by atoms with van der Waals surface area (Å²) >= 11 is 6.32. The van der Waals surface area contributed by atoms with Gasteiger partial charge in [-0.05, 0) is 134 Å². The van der Waals surface area contributed by atoms with E-state index in [1.54, 1.807) is 13.8 Å². The molecular formula is C43H57ClN2O6. The van der Waals surface area contributed by atoms with Crippen LogP contribution in [0.2, 0.25) is 5.02 Å². The maximum atomic E-state index is 14.1. The summed E-state index contributed by atoms with van der Waals surface area (Å²) in [5.74, 6) is 0.976. The number of aromatic nitrogens is 2. The van der Waals surface area contributed by atoms with Gasteiger partial charge in [-0.25, -0.2) is 0 Å². The van der Waals surface area contributed by atoms with E-state index < -0.39 is 22.8 Å². The highest BCUT2D eigenvalue weighted by molar-refractivity contribution is 6.30. The number of allylic oxidation sites excluding steroid dienone is 2. The molecule has 4 saturated carbocycles. The lowest BCUT2D eigenvalue weighted by Gasteiger charge is -2.72. The number of hydrogen-bond donors (Lipinski definition) is 1. The van der Waals surface area contributed by atoms with E-state index in [-0.39, 0.29) is 51.8 Å². The van der Waals surface area contributed by atoms with Crippen molar-refractivity contribution < 1.29 is 28.6 Å². The third-order valence-electron chi connectivity index (χ3n) is 15.7. The average Bonchev–Trinajstić information content (AvgIpc) is 3.66. The highest BCUT2D eigenvalue weighted by Crippen LogP contribution is 2.76. The van der Waals surface area contributed by atoms with Crippen molar-refractivity contribution in [1.29, 1.82) is 0 Å². The standard InChI is InChI=1S/C43H57ClN2O6/c1-24(2)33-28(47)22-43(36-46-45-35(52-36)25-11-10-12-26(44)21-25)20-19-41(8)27(34(33)43)13-14-30-40(7)17-16-31(51-32(48)23-38(3,4)37(49)50)39(5,6)29(40)15-18-42(30,41)9/h10-12,21,24,27,29-31H,13-20,22-23H2,1-9H3,(H,49,50). The molecule has 0 radical (unpaired) electrons. The smallest absolute Gasteiger partial charge is 0.309 e. The second-order valence-electron chi connectivity index (χ2n) is 19.4. The summed E-state index contributed by atoms with van der Waals surface area (Å²) in [6, 6.07) is 7.46. The van der Waals surface area contributed by atoms with Crippen molar-refractivity contribution in [3.8, 4) is 11.5 Å². The predicted octanol–water partition coefficient (Wildman–Crippen LogP) is 10.0. The first-order valence-electron chi connectivity index (χ1n) is 19.5. The lowest BCUT2D eigenvalue weighted by atomic mass is 9.33. The van der Waals surface area contributed by atoms with Crippen molar-refractivity contribution in [1.82, 2.24) is 10.2 Å². The molecule has 5 aliphatic rings. The minimum absolute atomic E-state index is 0.0286. The summed E-state index contributed by atoms with van der Waals surface area (Å²) in [4.78, 5) is 39.0. The molecule has 8 nitrogen and oxygen atoms in total. The number of nitrogens with zero attached hydrogens (tertiary/aromatic N) is 2. The number of carbonyl (C=O) groups excluding carboxylic acids is 2. The minimum Gasteiger partial charge on any atom is -0.481 e. The van der Waals surface area contributed by atoms with Crippen molar-refractivity contribution in [3.63, 3.8) is 0 Å². The molecule has 1 aromatic carbocycles. The number of Topliss-reactive ketones (excluding diaryl/α,β-unsaturated/α-hetero) is 1. The van der Waals surface area contributed by atoms with Crippen molar-refractivity contribution in [2.45, 2.75) is 138 Å². The molecule has 52 heavy (non-hydrogen) atoms. The number of benzene rings is 1. The van der Waals surface area contributed by atoms with Gasteiger partial charge in [0.1, 0.15) is 6.10 Å². The van der Waals surface area contributed by atoms with Crippen LogP contribution in [-0.2, 0) is 24.5 Å². The number of fused-ring (bicyclic) bond motifs is 7. The lowest BCUT2D eigenvalue weighted by molar-refractivity contribution is -0.232. The van der Waals surface area contributed by atoms with Crippen molar-refractivity contribution in [3.05, 3.63) is 46.3 Å². The molecule has 8 unspecified atom stereocenters. The monoisotopic (exact) mass is 732 g/mol. The molecule has 2 aromatic rings. The fourth-order valence-electron chi connectivity index (χ4n) is 12.9. The van der Waals surface area contributed by atoms with Crippen LogP contribution >= 0.6 is 11.6 Å². The second-order valence-corrected chi connectivity index (χ2v) is 19.8. The molecule has 0 spiro atoms. The van der Waals surface area contributed by atoms with Gasteiger partial charge in [-0.15, -0.1) is 10.2 Å². The summed E-state index contributed by atoms with van der Waals surface area (Å²) in [5.41, 5.74) is 1.09. The lowest BCUT2D eigenvalue weighted by Crippen LogP contribution is -2.66. The summed E-state index contributed by atoms with van der Waals surface area (Å²) in [6.07, 6.45) is 7.73. The summed E-state index contributed by atoms with van der Waals surface area (Å²) in [6.45, 7) is 19.6. The van der Waals surface area contributed by atoms with Gasteiger partial charge in [0.05, 0.1) is 17.3 Å². The SMILES string of the molecule is CC(C)C1=C2C3CCC4C5(C)CCC(OC(=O)CC(C)(C)C(=O)O)C(C)(C)C5CCC4(C)C3(C)CCC2(c2nnc(-c3cccc(Cl)c3)o2)CC1=O. The number of carboxylic acid groups (broad SMARTS) is 1. The first kappa shape index (κ1) is 37.3. The molecular weight excluding hydrogens is 676 g/mol. The zero-order chi connectivity index (χ0) is 37.8. The molecule has 8 atom stereocenters. The molecule has 0 bridgehead atoms. The molecule has 5 aliphatic carbocycles. The molecule has 0 amide bonds. The molecule has 282 valence electrons. The van der Waals surface area contributed by atoms with Gasteiger partial charge < -0.3 is 14.3 Å². The maximum absolute atomic E-state index is 14.1. The van der Waals surface area contributed by atoms with Crippen LogP contribution in [0.3, 0.4) is 0 Å². The zero-order valence-corrected chi connectivity index (χ0v) is 33.3. The normalized spacial score (nSPS) is 36.9. The number of rotatable bonds is 7. The number of carboxylic acids is 1. The Labute approximate surface area is 313 Å².